The van der Waals surface area contributed by atoms with Gasteiger partial charge in [-0.15, -0.1) is 24.2 Å². The summed E-state index contributed by atoms with van der Waals surface area (Å²) in [6.45, 7) is 0. The summed E-state index contributed by atoms with van der Waals surface area (Å²) in [5, 5.41) is 0. The lowest BCUT2D eigenvalue weighted by atomic mass is 10.2. The van der Waals surface area contributed by atoms with Crippen molar-refractivity contribution >= 4 is 30.2 Å². The average Bonchev–Trinajstić information content (AvgIpc) is 2.30. The molecule has 2 rings (SSSR count). The van der Waals surface area contributed by atoms with Gasteiger partial charge in [0.2, 0.25) is 0 Å². The minimum Gasteiger partial charge on any atom is -0.352 e. The summed E-state index contributed by atoms with van der Waals surface area (Å²) in [5.41, 5.74) is 9.97. The van der Waals surface area contributed by atoms with Crippen molar-refractivity contribution in [2.45, 2.75) is 10.6 Å². The molecule has 1 aliphatic rings. The molecule has 1 aromatic rings. The smallest absolute Gasteiger partial charge is 0.309 e. The highest BCUT2D eigenvalue weighted by Gasteiger charge is 2.03. The number of fused-ring (bicyclic) bond motifs is 2. The molecule has 5 heteroatoms. The van der Waals surface area contributed by atoms with Crippen LogP contribution in [-0.4, -0.2) is 6.03 Å². The van der Waals surface area contributed by atoms with Crippen molar-refractivity contribution in [3.05, 3.63) is 29.8 Å². The number of urea groups is 1. The Morgan fingerprint density at radius 2 is 2.00 bits per heavy atom. The van der Waals surface area contributed by atoms with Gasteiger partial charge in [-0.1, -0.05) is 12.1 Å². The standard InChI is InChI=1S/C7H6S.CH4N2O.ClH/c1-2-6-4-7(3-1)8-5-6;2-1(3)4;/h1-4H,5H2;(H4,2,3,4);1H. The van der Waals surface area contributed by atoms with Crippen LogP contribution in [0.1, 0.15) is 5.56 Å². The number of thioether (sulfide) groups is 1. The number of benzene rings is 1. The maximum atomic E-state index is 9.00. The predicted molar refractivity (Wildman–Crippen MR) is 57.0 cm³/mol. The maximum absolute atomic E-state index is 9.00. The summed E-state index contributed by atoms with van der Waals surface area (Å²) in [5.74, 6) is 1.18. The fourth-order valence-corrected chi connectivity index (χ4v) is 1.81. The third-order valence-electron chi connectivity index (χ3n) is 1.30. The van der Waals surface area contributed by atoms with Gasteiger partial charge < -0.3 is 11.5 Å². The third kappa shape index (κ3) is 4.65. The fraction of sp³-hybridized carbons (Fsp3) is 0.125. The first-order chi connectivity index (χ1) is 5.68. The van der Waals surface area contributed by atoms with Crippen LogP contribution in [0.2, 0.25) is 0 Å². The van der Waals surface area contributed by atoms with Gasteiger partial charge in [0.25, 0.3) is 0 Å². The van der Waals surface area contributed by atoms with Gasteiger partial charge in [0.05, 0.1) is 0 Å². The number of hydrogen-bond acceptors (Lipinski definition) is 2. The minimum atomic E-state index is -0.833. The van der Waals surface area contributed by atoms with Crippen molar-refractivity contribution in [3.63, 3.8) is 0 Å². The van der Waals surface area contributed by atoms with Gasteiger partial charge >= 0.3 is 6.03 Å². The first-order valence-electron chi connectivity index (χ1n) is 3.45. The number of halogens is 1. The lowest BCUT2D eigenvalue weighted by Gasteiger charge is -1.81. The molecule has 0 unspecified atom stereocenters. The molecule has 1 aromatic carbocycles. The van der Waals surface area contributed by atoms with E-state index in [4.69, 9.17) is 4.79 Å². The van der Waals surface area contributed by atoms with E-state index in [9.17, 15) is 0 Å². The summed E-state index contributed by atoms with van der Waals surface area (Å²) >= 11 is 1.92. The van der Waals surface area contributed by atoms with E-state index in [1.807, 2.05) is 11.8 Å². The number of amides is 2. The highest BCUT2D eigenvalue weighted by Crippen LogP contribution is 2.30. The zero-order chi connectivity index (χ0) is 8.97. The Balaban J connectivity index is 0.000000256. The van der Waals surface area contributed by atoms with Gasteiger partial charge in [0.15, 0.2) is 0 Å². The molecule has 1 heterocycles. The van der Waals surface area contributed by atoms with Crippen LogP contribution in [-0.2, 0) is 5.75 Å². The molecule has 0 aliphatic carbocycles. The van der Waals surface area contributed by atoms with E-state index < -0.39 is 6.03 Å². The van der Waals surface area contributed by atoms with Crippen LogP contribution in [0.5, 0.6) is 0 Å². The van der Waals surface area contributed by atoms with E-state index in [0.29, 0.717) is 0 Å². The molecule has 0 fully saturated rings. The van der Waals surface area contributed by atoms with Crippen LogP contribution in [0, 0.1) is 0 Å². The van der Waals surface area contributed by atoms with Crippen molar-refractivity contribution in [1.82, 2.24) is 0 Å². The van der Waals surface area contributed by atoms with Gasteiger partial charge in [0, 0.05) is 10.6 Å². The molecule has 72 valence electrons. The second-order valence-electron chi connectivity index (χ2n) is 2.34. The van der Waals surface area contributed by atoms with Gasteiger partial charge in [-0.05, 0) is 17.7 Å². The molecule has 0 spiro atoms. The number of primary amides is 2. The molecule has 4 N–H and O–H groups in total. The molecule has 0 radical (unpaired) electrons. The molecule has 1 aliphatic heterocycles. The first kappa shape index (κ1) is 12.1. The van der Waals surface area contributed by atoms with E-state index in [0.717, 1.165) is 0 Å². The molecule has 13 heavy (non-hydrogen) atoms. The van der Waals surface area contributed by atoms with Crippen molar-refractivity contribution in [2.24, 2.45) is 11.5 Å². The molecular weight excluding hydrogens is 208 g/mol. The molecule has 2 bridgehead atoms. The summed E-state index contributed by atoms with van der Waals surface area (Å²) in [4.78, 5) is 10.4. The third-order valence-corrected chi connectivity index (χ3v) is 2.37. The minimum absolute atomic E-state index is 0. The van der Waals surface area contributed by atoms with Crippen molar-refractivity contribution in [2.75, 3.05) is 0 Å². The second-order valence-corrected chi connectivity index (χ2v) is 3.39. The van der Waals surface area contributed by atoms with E-state index in [2.05, 4.69) is 35.7 Å². The lowest BCUT2D eigenvalue weighted by molar-refractivity contribution is 0.256. The Morgan fingerprint density at radius 3 is 2.46 bits per heavy atom. The largest absolute Gasteiger partial charge is 0.352 e. The van der Waals surface area contributed by atoms with Crippen molar-refractivity contribution < 1.29 is 4.79 Å². The van der Waals surface area contributed by atoms with E-state index >= 15 is 0 Å². The molecule has 0 atom stereocenters. The second kappa shape index (κ2) is 5.72. The highest BCUT2D eigenvalue weighted by molar-refractivity contribution is 7.98. The highest BCUT2D eigenvalue weighted by atomic mass is 35.5. The Hall–Kier alpha value is -0.870. The fourth-order valence-electron chi connectivity index (χ4n) is 0.892. The van der Waals surface area contributed by atoms with E-state index in [-0.39, 0.29) is 12.4 Å². The first-order valence-corrected chi connectivity index (χ1v) is 4.43. The molecular formula is C8H11ClN2OS. The van der Waals surface area contributed by atoms with E-state index in [1.54, 1.807) is 0 Å². The van der Waals surface area contributed by atoms with Crippen LogP contribution >= 0.6 is 24.2 Å². The predicted octanol–water partition coefficient (Wildman–Crippen LogP) is 1.74. The Labute approximate surface area is 87.3 Å². The van der Waals surface area contributed by atoms with Crippen molar-refractivity contribution in [3.8, 4) is 0 Å². The number of carbonyl (C=O) groups excluding carboxylic acids is 1. The zero-order valence-electron chi connectivity index (χ0n) is 6.90. The van der Waals surface area contributed by atoms with Gasteiger partial charge in [0.1, 0.15) is 0 Å². The number of rotatable bonds is 0. The summed E-state index contributed by atoms with van der Waals surface area (Å²) in [7, 11) is 0. The topological polar surface area (TPSA) is 69.1 Å². The molecule has 0 saturated heterocycles. The van der Waals surface area contributed by atoms with E-state index in [1.165, 1.54) is 16.2 Å². The summed E-state index contributed by atoms with van der Waals surface area (Å²) in [6, 6.07) is 7.85. The maximum Gasteiger partial charge on any atom is 0.309 e. The molecule has 2 amide bonds. The van der Waals surface area contributed by atoms with Gasteiger partial charge in [-0.25, -0.2) is 4.79 Å². The molecule has 0 aromatic heterocycles. The quantitative estimate of drug-likeness (QED) is 0.697. The SMILES string of the molecule is Cl.NC(N)=O.c1cc2cc(c1)SC2. The Bertz CT molecular complexity index is 270. The monoisotopic (exact) mass is 218 g/mol. The van der Waals surface area contributed by atoms with Crippen LogP contribution in [0.3, 0.4) is 0 Å². The normalized spacial score (nSPS) is 10.8. The Morgan fingerprint density at radius 1 is 1.38 bits per heavy atom. The van der Waals surface area contributed by atoms with Crippen molar-refractivity contribution in [1.29, 1.82) is 0 Å². The summed E-state index contributed by atoms with van der Waals surface area (Å²) < 4.78 is 0. The van der Waals surface area contributed by atoms with Crippen LogP contribution in [0.25, 0.3) is 0 Å². The average molecular weight is 219 g/mol. The molecule has 0 saturated carbocycles. The molecule has 3 nitrogen and oxygen atoms in total. The number of carbonyl (C=O) groups is 1. The Kier molecular flexibility index (Phi) is 5.34. The van der Waals surface area contributed by atoms with Crippen LogP contribution in [0.15, 0.2) is 29.2 Å². The van der Waals surface area contributed by atoms with Gasteiger partial charge in [-0.2, -0.15) is 0 Å². The van der Waals surface area contributed by atoms with Crippen LogP contribution < -0.4 is 11.5 Å². The number of hydrogen-bond donors (Lipinski definition) is 2. The number of nitrogens with two attached hydrogens (primary N) is 2. The van der Waals surface area contributed by atoms with Crippen LogP contribution in [0.4, 0.5) is 4.79 Å². The summed E-state index contributed by atoms with van der Waals surface area (Å²) in [6.07, 6.45) is 0. The zero-order valence-corrected chi connectivity index (χ0v) is 8.53. The lowest BCUT2D eigenvalue weighted by Crippen LogP contribution is -2.18. The van der Waals surface area contributed by atoms with Gasteiger partial charge in [-0.3, -0.25) is 0 Å².